The first-order valence-electron chi connectivity index (χ1n) is 14.0. The van der Waals surface area contributed by atoms with Crippen LogP contribution in [0.3, 0.4) is 0 Å². The van der Waals surface area contributed by atoms with Crippen LogP contribution in [0.2, 0.25) is 0 Å². The second-order valence-corrected chi connectivity index (χ2v) is 12.7. The van der Waals surface area contributed by atoms with E-state index in [0.717, 1.165) is 16.7 Å². The van der Waals surface area contributed by atoms with Gasteiger partial charge in [-0.15, -0.1) is 0 Å². The zero-order chi connectivity index (χ0) is 29.3. The molecule has 0 bridgehead atoms. The van der Waals surface area contributed by atoms with Crippen molar-refractivity contribution < 1.29 is 23.9 Å². The smallest absolute Gasteiger partial charge is 0.408 e. The van der Waals surface area contributed by atoms with Gasteiger partial charge >= 0.3 is 6.09 Å². The summed E-state index contributed by atoms with van der Waals surface area (Å²) in [6, 6.07) is 16.5. The highest BCUT2D eigenvalue weighted by Gasteiger charge is 2.46. The number of carbonyl (C=O) groups is 4. The van der Waals surface area contributed by atoms with Gasteiger partial charge in [0.1, 0.15) is 17.2 Å². The molecule has 2 aliphatic rings. The van der Waals surface area contributed by atoms with Crippen molar-refractivity contribution in [1.82, 2.24) is 15.5 Å². The van der Waals surface area contributed by atoms with Crippen LogP contribution in [0.1, 0.15) is 88.2 Å². The molecule has 4 rings (SSSR count). The van der Waals surface area contributed by atoms with E-state index in [1.807, 2.05) is 61.5 Å². The monoisotopic (exact) mass is 547 g/mol. The fraction of sp³-hybridized carbons (Fsp3) is 0.500. The van der Waals surface area contributed by atoms with E-state index in [-0.39, 0.29) is 23.0 Å². The van der Waals surface area contributed by atoms with E-state index < -0.39 is 29.2 Å². The van der Waals surface area contributed by atoms with Gasteiger partial charge in [-0.3, -0.25) is 14.4 Å². The Kier molecular flexibility index (Phi) is 8.11. The molecule has 0 saturated carbocycles. The summed E-state index contributed by atoms with van der Waals surface area (Å²) in [5, 5.41) is 5.58. The van der Waals surface area contributed by atoms with Crippen LogP contribution in [0.15, 0.2) is 54.6 Å². The molecule has 2 aromatic carbocycles. The van der Waals surface area contributed by atoms with Gasteiger partial charge in [0.15, 0.2) is 5.78 Å². The average Bonchev–Trinajstić information content (AvgIpc) is 3.16. The van der Waals surface area contributed by atoms with Gasteiger partial charge in [-0.05, 0) is 58.6 Å². The van der Waals surface area contributed by atoms with Gasteiger partial charge in [0.05, 0.1) is 0 Å². The molecule has 3 amide bonds. The van der Waals surface area contributed by atoms with E-state index in [2.05, 4.69) is 10.6 Å². The highest BCUT2D eigenvalue weighted by atomic mass is 16.6. The van der Waals surface area contributed by atoms with Crippen molar-refractivity contribution in [1.29, 1.82) is 0 Å². The summed E-state index contributed by atoms with van der Waals surface area (Å²) in [6.45, 7) is 11.3. The summed E-state index contributed by atoms with van der Waals surface area (Å²) >= 11 is 0. The Labute approximate surface area is 236 Å². The van der Waals surface area contributed by atoms with Crippen molar-refractivity contribution in [2.24, 2.45) is 0 Å². The quantitative estimate of drug-likeness (QED) is 0.544. The molecule has 0 aromatic heterocycles. The van der Waals surface area contributed by atoms with E-state index in [1.165, 1.54) is 0 Å². The molecule has 2 aromatic rings. The first-order chi connectivity index (χ1) is 18.7. The van der Waals surface area contributed by atoms with Crippen LogP contribution in [0.25, 0.3) is 0 Å². The number of hydrogen-bond donors (Lipinski definition) is 2. The lowest BCUT2D eigenvalue weighted by Crippen LogP contribution is -2.61. The number of benzene rings is 2. The van der Waals surface area contributed by atoms with Crippen LogP contribution >= 0.6 is 0 Å². The van der Waals surface area contributed by atoms with Crippen molar-refractivity contribution >= 4 is 23.7 Å². The van der Waals surface area contributed by atoms with Gasteiger partial charge in [0.25, 0.3) is 0 Å². The molecule has 0 radical (unpaired) electrons. The molecule has 1 aliphatic heterocycles. The number of ketones is 1. The van der Waals surface area contributed by atoms with Crippen molar-refractivity contribution in [3.63, 3.8) is 0 Å². The summed E-state index contributed by atoms with van der Waals surface area (Å²) in [4.78, 5) is 54.5. The van der Waals surface area contributed by atoms with Crippen LogP contribution in [0.4, 0.5) is 4.79 Å². The molecular weight excluding hydrogens is 506 g/mol. The fourth-order valence-corrected chi connectivity index (χ4v) is 5.77. The number of amides is 3. The molecule has 1 fully saturated rings. The highest BCUT2D eigenvalue weighted by molar-refractivity contribution is 6.02. The van der Waals surface area contributed by atoms with E-state index in [0.29, 0.717) is 32.4 Å². The van der Waals surface area contributed by atoms with Gasteiger partial charge in [-0.2, -0.15) is 0 Å². The Hall–Kier alpha value is -3.68. The highest BCUT2D eigenvalue weighted by Crippen LogP contribution is 2.46. The first-order valence-corrected chi connectivity index (χ1v) is 14.0. The number of alkyl carbamates (subject to hydrolysis) is 1. The minimum absolute atomic E-state index is 0.165. The third-order valence-electron chi connectivity index (χ3n) is 8.09. The number of rotatable bonds is 6. The minimum atomic E-state index is -1.32. The van der Waals surface area contributed by atoms with Crippen molar-refractivity contribution in [2.45, 2.75) is 89.3 Å². The Morgan fingerprint density at radius 1 is 0.925 bits per heavy atom. The van der Waals surface area contributed by atoms with Crippen LogP contribution in [0.5, 0.6) is 0 Å². The third-order valence-corrected chi connectivity index (χ3v) is 8.09. The Morgan fingerprint density at radius 3 is 2.15 bits per heavy atom. The fourth-order valence-electron chi connectivity index (χ4n) is 5.77. The summed E-state index contributed by atoms with van der Waals surface area (Å²) in [7, 11) is 0. The average molecular weight is 548 g/mol. The van der Waals surface area contributed by atoms with Crippen LogP contribution < -0.4 is 10.6 Å². The van der Waals surface area contributed by atoms with Crippen LogP contribution in [-0.4, -0.2) is 58.9 Å². The molecule has 40 heavy (non-hydrogen) atoms. The second kappa shape index (κ2) is 11.1. The van der Waals surface area contributed by atoms with Gasteiger partial charge in [-0.25, -0.2) is 4.79 Å². The number of likely N-dealkylation sites (tertiary alicyclic amines) is 1. The normalized spacial score (nSPS) is 18.1. The van der Waals surface area contributed by atoms with Crippen molar-refractivity contribution in [3.8, 4) is 0 Å². The molecule has 1 heterocycles. The lowest BCUT2D eigenvalue weighted by Gasteiger charge is -2.41. The standard InChI is InChI=1S/C32H41N3O5/c1-21(22-12-8-7-9-13-22)26(33-28(38)31(5,6)34-29(39)40-30(2,3)4)27(37)35-18-16-32(17-19-35)20-25(36)23-14-10-11-15-24(23)32/h7-15,21,26H,16-20H2,1-6H3,(H,33,38)(H,34,39). The van der Waals surface area contributed by atoms with E-state index >= 15 is 0 Å². The van der Waals surface area contributed by atoms with Crippen molar-refractivity contribution in [3.05, 3.63) is 71.3 Å². The molecule has 2 atom stereocenters. The van der Waals surface area contributed by atoms with Gasteiger partial charge in [-0.1, -0.05) is 61.5 Å². The summed E-state index contributed by atoms with van der Waals surface area (Å²) in [6.07, 6.45) is 1.14. The van der Waals surface area contributed by atoms with Gasteiger partial charge < -0.3 is 20.3 Å². The SMILES string of the molecule is CC(c1ccccc1)C(NC(=O)C(C)(C)NC(=O)OC(C)(C)C)C(=O)N1CCC2(CC1)CC(=O)c1ccccc12. The molecule has 2 N–H and O–H groups in total. The Balaban J connectivity index is 1.52. The van der Waals surface area contributed by atoms with Crippen molar-refractivity contribution in [2.75, 3.05) is 13.1 Å². The largest absolute Gasteiger partial charge is 0.444 e. The Morgan fingerprint density at radius 2 is 1.52 bits per heavy atom. The summed E-state index contributed by atoms with van der Waals surface area (Å²) in [5.74, 6) is -0.814. The van der Waals surface area contributed by atoms with E-state index in [9.17, 15) is 19.2 Å². The van der Waals surface area contributed by atoms with E-state index in [1.54, 1.807) is 39.5 Å². The molecule has 1 spiro atoms. The summed E-state index contributed by atoms with van der Waals surface area (Å²) in [5.41, 5.74) is 0.523. The molecule has 2 unspecified atom stereocenters. The maximum atomic E-state index is 14.0. The maximum absolute atomic E-state index is 14.0. The third kappa shape index (κ3) is 6.21. The van der Waals surface area contributed by atoms with Crippen LogP contribution in [0, 0.1) is 0 Å². The lowest BCUT2D eigenvalue weighted by atomic mass is 9.73. The minimum Gasteiger partial charge on any atom is -0.444 e. The maximum Gasteiger partial charge on any atom is 0.408 e. The predicted octanol–water partition coefficient (Wildman–Crippen LogP) is 4.73. The summed E-state index contributed by atoms with van der Waals surface area (Å²) < 4.78 is 5.34. The molecular formula is C32H41N3O5. The number of carbonyl (C=O) groups excluding carboxylic acids is 4. The molecule has 8 heteroatoms. The van der Waals surface area contributed by atoms with Crippen LogP contribution in [-0.2, 0) is 19.7 Å². The number of ether oxygens (including phenoxy) is 1. The lowest BCUT2D eigenvalue weighted by molar-refractivity contribution is -0.139. The van der Waals surface area contributed by atoms with Gasteiger partial charge in [0.2, 0.25) is 11.8 Å². The molecule has 8 nitrogen and oxygen atoms in total. The second-order valence-electron chi connectivity index (χ2n) is 12.7. The van der Waals surface area contributed by atoms with Gasteiger partial charge in [0, 0.05) is 36.4 Å². The molecule has 1 aliphatic carbocycles. The number of fused-ring (bicyclic) bond motifs is 2. The number of nitrogens with one attached hydrogen (secondary N) is 2. The zero-order valence-electron chi connectivity index (χ0n) is 24.4. The number of hydrogen-bond acceptors (Lipinski definition) is 5. The Bertz CT molecular complexity index is 1270. The van der Waals surface area contributed by atoms with E-state index in [4.69, 9.17) is 4.74 Å². The number of Topliss-reactive ketones (excluding diaryl/α,β-unsaturated/α-hetero) is 1. The topological polar surface area (TPSA) is 105 Å². The zero-order valence-corrected chi connectivity index (χ0v) is 24.4. The molecule has 214 valence electrons. The number of nitrogens with zero attached hydrogens (tertiary/aromatic N) is 1. The predicted molar refractivity (Wildman–Crippen MR) is 153 cm³/mol. The number of piperidine rings is 1. The molecule has 1 saturated heterocycles. The first kappa shape index (κ1) is 29.3.